The third kappa shape index (κ3) is 12.2. The van der Waals surface area contributed by atoms with Crippen LogP contribution in [-0.4, -0.2) is 39.7 Å². The van der Waals surface area contributed by atoms with Crippen LogP contribution in [0.3, 0.4) is 0 Å². The van der Waals surface area contributed by atoms with E-state index in [0.717, 1.165) is 5.56 Å². The summed E-state index contributed by atoms with van der Waals surface area (Å²) in [5.74, 6) is 1.80. The van der Waals surface area contributed by atoms with Crippen molar-refractivity contribution < 1.29 is 35.8 Å². The summed E-state index contributed by atoms with van der Waals surface area (Å²) in [6.45, 7) is 3.12. The first kappa shape index (κ1) is 44.6. The number of nitrogens with zero attached hydrogens (tertiary/aromatic N) is 2. The van der Waals surface area contributed by atoms with E-state index < -0.39 is 20.0 Å². The maximum Gasteiger partial charge on any atom is 0.263 e. The topological polar surface area (TPSA) is 163 Å². The first-order chi connectivity index (χ1) is 26.5. The van der Waals surface area contributed by atoms with Crippen molar-refractivity contribution in [2.75, 3.05) is 16.6 Å². The Balaban J connectivity index is 0.000000249. The van der Waals surface area contributed by atoms with Crippen LogP contribution in [0.15, 0.2) is 126 Å². The number of anilines is 2. The summed E-state index contributed by atoms with van der Waals surface area (Å²) in [5.41, 5.74) is 1.57. The quantitative estimate of drug-likeness (QED) is 0.113. The van der Waals surface area contributed by atoms with Crippen LogP contribution in [-0.2, 0) is 20.0 Å². The molecule has 0 spiro atoms. The maximum absolute atomic E-state index is 12.7. The zero-order valence-corrected chi connectivity index (χ0v) is 34.1. The number of hydrogen-bond acceptors (Lipinski definition) is 10. The molecule has 298 valence electrons. The van der Waals surface area contributed by atoms with Gasteiger partial charge < -0.3 is 14.2 Å². The molecule has 0 aliphatic carbocycles. The van der Waals surface area contributed by atoms with Gasteiger partial charge in [0, 0.05) is 40.9 Å². The number of ether oxygens (including phenoxy) is 3. The van der Waals surface area contributed by atoms with Crippen LogP contribution in [0.4, 0.5) is 11.4 Å². The number of sulfonamides is 2. The van der Waals surface area contributed by atoms with Gasteiger partial charge in [0.2, 0.25) is 0 Å². The number of rotatable bonds is 12. The number of nitrogens with one attached hydrogen (secondary N) is 2. The van der Waals surface area contributed by atoms with E-state index in [1.165, 1.54) is 81.3 Å². The molecule has 4 aromatic carbocycles. The number of hydrogen-bond donors (Lipinski definition) is 2. The van der Waals surface area contributed by atoms with Crippen molar-refractivity contribution in [2.24, 2.45) is 0 Å². The molecular formula is C39H34Cl4N4O8S2. The fourth-order valence-electron chi connectivity index (χ4n) is 4.79. The maximum atomic E-state index is 12.7. The number of carbonyl (C=O) groups excluding carboxylic acids is 1. The fraction of sp³-hybridized carbons (Fsp3) is 0.103. The number of pyridine rings is 2. The molecule has 0 saturated heterocycles. The van der Waals surface area contributed by atoms with Gasteiger partial charge in [-0.2, -0.15) is 0 Å². The van der Waals surface area contributed by atoms with Gasteiger partial charge in [-0.05, 0) is 98.3 Å². The second-order valence-electron chi connectivity index (χ2n) is 11.6. The van der Waals surface area contributed by atoms with Crippen LogP contribution in [0.2, 0.25) is 20.1 Å². The van der Waals surface area contributed by atoms with Crippen LogP contribution in [0.1, 0.15) is 30.3 Å². The van der Waals surface area contributed by atoms with Crippen LogP contribution < -0.4 is 23.7 Å². The molecule has 0 saturated carbocycles. The number of aryl methyl sites for hydroxylation is 1. The van der Waals surface area contributed by atoms with Crippen molar-refractivity contribution in [3.05, 3.63) is 147 Å². The van der Waals surface area contributed by atoms with Crippen molar-refractivity contribution >= 4 is 83.6 Å². The molecule has 2 heterocycles. The molecule has 0 radical (unpaired) electrons. The molecular weight excluding hydrogens is 858 g/mol. The Morgan fingerprint density at radius 3 is 1.72 bits per heavy atom. The molecule has 6 rings (SSSR count). The van der Waals surface area contributed by atoms with E-state index in [4.69, 9.17) is 60.6 Å². The van der Waals surface area contributed by atoms with E-state index in [1.54, 1.807) is 55.5 Å². The zero-order chi connectivity index (χ0) is 40.6. The van der Waals surface area contributed by atoms with E-state index in [0.29, 0.717) is 49.4 Å². The Labute approximate surface area is 350 Å². The molecule has 2 aromatic heterocycles. The Hall–Kier alpha value is -5.09. The smallest absolute Gasteiger partial charge is 0.263 e. The second kappa shape index (κ2) is 19.4. The van der Waals surface area contributed by atoms with E-state index in [2.05, 4.69) is 19.4 Å². The molecule has 0 aliphatic heterocycles. The van der Waals surface area contributed by atoms with Gasteiger partial charge in [-0.25, -0.2) is 16.8 Å². The van der Waals surface area contributed by atoms with Gasteiger partial charge in [-0.15, -0.1) is 0 Å². The fourth-order valence-corrected chi connectivity index (χ4v) is 8.03. The summed E-state index contributed by atoms with van der Waals surface area (Å²) in [7, 11) is -6.26. The summed E-state index contributed by atoms with van der Waals surface area (Å²) in [4.78, 5) is 19.8. The minimum absolute atomic E-state index is 0. The average Bonchev–Trinajstić information content (AvgIpc) is 3.13. The molecule has 2 N–H and O–H groups in total. The molecule has 18 heteroatoms. The number of methoxy groups -OCH3 is 1. The van der Waals surface area contributed by atoms with Gasteiger partial charge in [0.1, 0.15) is 33.6 Å². The van der Waals surface area contributed by atoms with Crippen molar-refractivity contribution in [1.29, 1.82) is 0 Å². The summed E-state index contributed by atoms with van der Waals surface area (Å²) >= 11 is 23.6. The van der Waals surface area contributed by atoms with E-state index in [1.807, 2.05) is 0 Å². The van der Waals surface area contributed by atoms with Crippen molar-refractivity contribution in [3.63, 3.8) is 0 Å². The highest BCUT2D eigenvalue weighted by Crippen LogP contribution is 2.32. The number of carbonyl (C=O) groups is 1. The normalized spacial score (nSPS) is 10.9. The molecule has 0 fully saturated rings. The van der Waals surface area contributed by atoms with Crippen LogP contribution in [0.5, 0.6) is 28.7 Å². The Kier molecular flexibility index (Phi) is 15.2. The van der Waals surface area contributed by atoms with Gasteiger partial charge in [-0.1, -0.05) is 53.8 Å². The molecule has 6 aromatic rings. The van der Waals surface area contributed by atoms with Gasteiger partial charge in [0.05, 0.1) is 45.0 Å². The SMILES string of the molecule is C.COc1ccc(NS(=O)(=O)c2ccc(Oc3cncc(Cl)c3)c(C(C)=O)c2)cc1.Cc1cc(NS(=O)(=O)c2ccc(Cl)cc2Cl)ccc1Oc1cncc(Cl)c1. The monoisotopic (exact) mass is 890 g/mol. The second-order valence-corrected chi connectivity index (χ2v) is 16.6. The molecule has 0 unspecified atom stereocenters. The lowest BCUT2D eigenvalue weighted by Gasteiger charge is -2.13. The predicted molar refractivity (Wildman–Crippen MR) is 224 cm³/mol. The summed E-state index contributed by atoms with van der Waals surface area (Å²) in [6.07, 6.45) is 5.91. The van der Waals surface area contributed by atoms with Gasteiger partial charge in [-0.3, -0.25) is 24.2 Å². The molecule has 0 atom stereocenters. The van der Waals surface area contributed by atoms with Gasteiger partial charge >= 0.3 is 0 Å². The summed E-state index contributed by atoms with van der Waals surface area (Å²) in [6, 6.07) is 22.7. The summed E-state index contributed by atoms with van der Waals surface area (Å²) in [5, 5.41) is 1.22. The molecule has 57 heavy (non-hydrogen) atoms. The highest BCUT2D eigenvalue weighted by atomic mass is 35.5. The number of halogens is 4. The van der Waals surface area contributed by atoms with Gasteiger partial charge in [0.25, 0.3) is 20.0 Å². The lowest BCUT2D eigenvalue weighted by atomic mass is 10.1. The molecule has 0 aliphatic rings. The average molecular weight is 893 g/mol. The lowest BCUT2D eigenvalue weighted by Crippen LogP contribution is -2.14. The third-order valence-electron chi connectivity index (χ3n) is 7.41. The predicted octanol–water partition coefficient (Wildman–Crippen LogP) is 11.1. The minimum atomic E-state index is -3.92. The Morgan fingerprint density at radius 2 is 1.18 bits per heavy atom. The number of aromatic nitrogens is 2. The van der Waals surface area contributed by atoms with E-state index >= 15 is 0 Å². The summed E-state index contributed by atoms with van der Waals surface area (Å²) < 4.78 is 72.0. The first-order valence-corrected chi connectivity index (χ1v) is 20.5. The van der Waals surface area contributed by atoms with Gasteiger partial charge in [0.15, 0.2) is 5.78 Å². The highest BCUT2D eigenvalue weighted by molar-refractivity contribution is 7.93. The van der Waals surface area contributed by atoms with Crippen LogP contribution in [0.25, 0.3) is 0 Å². The highest BCUT2D eigenvalue weighted by Gasteiger charge is 2.21. The third-order valence-corrected chi connectivity index (χ3v) is 11.3. The minimum Gasteiger partial charge on any atom is -0.497 e. The Morgan fingerprint density at radius 1 is 0.614 bits per heavy atom. The first-order valence-electron chi connectivity index (χ1n) is 16.0. The van der Waals surface area contributed by atoms with E-state index in [-0.39, 0.29) is 39.3 Å². The van der Waals surface area contributed by atoms with Crippen molar-refractivity contribution in [2.45, 2.75) is 31.1 Å². The van der Waals surface area contributed by atoms with Crippen molar-refractivity contribution in [1.82, 2.24) is 9.97 Å². The number of benzene rings is 4. The largest absolute Gasteiger partial charge is 0.497 e. The van der Waals surface area contributed by atoms with Crippen LogP contribution in [0, 0.1) is 6.92 Å². The molecule has 0 bridgehead atoms. The number of Topliss-reactive ketones (excluding diaryl/α,β-unsaturated/α-hetero) is 1. The molecule has 12 nitrogen and oxygen atoms in total. The lowest BCUT2D eigenvalue weighted by molar-refractivity contribution is 0.101. The van der Waals surface area contributed by atoms with Crippen LogP contribution >= 0.6 is 46.4 Å². The van der Waals surface area contributed by atoms with Crippen molar-refractivity contribution in [3.8, 4) is 28.7 Å². The molecule has 0 amide bonds. The zero-order valence-electron chi connectivity index (χ0n) is 29.5. The van der Waals surface area contributed by atoms with E-state index in [9.17, 15) is 21.6 Å². The standard InChI is InChI=1S/C20H17ClN2O5S.C18H13Cl3N2O3S.CH4/c1-13(24)19-10-18(7-8-20(19)28-17-9-14(21)11-22-12-17)29(25,26)23-15-3-5-16(27-2)6-4-15;1-11-6-14(3-4-17(11)26-15-7-13(20)9-22-10-15)23-27(24,25)18-5-2-12(19)8-16(18)21;/h3-12,23H,1-2H3;2-10,23H,1H3;1H4. The number of ketones is 1. The Bertz CT molecular complexity index is 2620.